The Morgan fingerprint density at radius 1 is 1.38 bits per heavy atom. The van der Waals surface area contributed by atoms with Gasteiger partial charge in [0.25, 0.3) is 0 Å². The SMILES string of the molecule is CN1CCC2=C(C=C(F)C=C=C2)C1. The van der Waals surface area contributed by atoms with Crippen molar-refractivity contribution in [3.63, 3.8) is 0 Å². The Morgan fingerprint density at radius 2 is 2.23 bits per heavy atom. The highest BCUT2D eigenvalue weighted by Gasteiger charge is 2.14. The molecule has 0 N–H and O–H groups in total. The Labute approximate surface area is 77.5 Å². The number of likely N-dealkylation sites (N-methyl/N-ethyl adjacent to an activating group) is 1. The molecule has 0 fully saturated rings. The molecule has 0 aromatic heterocycles. The van der Waals surface area contributed by atoms with Gasteiger partial charge in [0.05, 0.1) is 0 Å². The lowest BCUT2D eigenvalue weighted by molar-refractivity contribution is 0.353. The summed E-state index contributed by atoms with van der Waals surface area (Å²) in [6.45, 7) is 1.89. The monoisotopic (exact) mass is 177 g/mol. The predicted molar refractivity (Wildman–Crippen MR) is 51.0 cm³/mol. The second-order valence-electron chi connectivity index (χ2n) is 3.52. The molecule has 13 heavy (non-hydrogen) atoms. The average molecular weight is 177 g/mol. The second kappa shape index (κ2) is 3.33. The zero-order chi connectivity index (χ0) is 9.26. The van der Waals surface area contributed by atoms with E-state index in [4.69, 9.17) is 0 Å². The van der Waals surface area contributed by atoms with E-state index in [1.54, 1.807) is 6.08 Å². The van der Waals surface area contributed by atoms with Gasteiger partial charge in [0, 0.05) is 19.2 Å². The second-order valence-corrected chi connectivity index (χ2v) is 3.52. The third-order valence-corrected chi connectivity index (χ3v) is 2.41. The van der Waals surface area contributed by atoms with Gasteiger partial charge in [0.1, 0.15) is 5.83 Å². The summed E-state index contributed by atoms with van der Waals surface area (Å²) in [5.74, 6) is -0.198. The molecule has 0 atom stereocenters. The Kier molecular flexibility index (Phi) is 2.17. The first-order valence-corrected chi connectivity index (χ1v) is 4.46. The molecule has 0 amide bonds. The van der Waals surface area contributed by atoms with Crippen LogP contribution in [0.25, 0.3) is 0 Å². The summed E-state index contributed by atoms with van der Waals surface area (Å²) in [7, 11) is 2.05. The van der Waals surface area contributed by atoms with Crippen molar-refractivity contribution in [2.24, 2.45) is 0 Å². The van der Waals surface area contributed by atoms with E-state index >= 15 is 0 Å². The maximum atomic E-state index is 13.0. The Bertz CT molecular complexity index is 343. The van der Waals surface area contributed by atoms with E-state index in [2.05, 4.69) is 17.7 Å². The molecule has 1 aliphatic carbocycles. The van der Waals surface area contributed by atoms with Gasteiger partial charge in [-0.2, -0.15) is 0 Å². The molecule has 2 rings (SSSR count). The van der Waals surface area contributed by atoms with Crippen LogP contribution in [0.3, 0.4) is 0 Å². The quantitative estimate of drug-likeness (QED) is 0.513. The molecular weight excluding hydrogens is 165 g/mol. The lowest BCUT2D eigenvalue weighted by atomic mass is 10.0. The highest BCUT2D eigenvalue weighted by atomic mass is 19.1. The van der Waals surface area contributed by atoms with Crippen LogP contribution >= 0.6 is 0 Å². The molecule has 68 valence electrons. The van der Waals surface area contributed by atoms with Gasteiger partial charge in [-0.05, 0) is 36.8 Å². The predicted octanol–water partition coefficient (Wildman–Crippen LogP) is 2.20. The number of nitrogens with zero attached hydrogens (tertiary/aromatic N) is 1. The van der Waals surface area contributed by atoms with Gasteiger partial charge >= 0.3 is 0 Å². The highest BCUT2D eigenvalue weighted by molar-refractivity contribution is 5.41. The fraction of sp³-hybridized carbons (Fsp3) is 0.364. The summed E-state index contributed by atoms with van der Waals surface area (Å²) in [6, 6.07) is 0. The van der Waals surface area contributed by atoms with Crippen molar-refractivity contribution in [2.75, 3.05) is 20.1 Å². The Morgan fingerprint density at radius 3 is 3.08 bits per heavy atom. The van der Waals surface area contributed by atoms with Crippen LogP contribution in [0.2, 0.25) is 0 Å². The molecule has 0 aromatic carbocycles. The zero-order valence-electron chi connectivity index (χ0n) is 7.68. The summed E-state index contributed by atoms with van der Waals surface area (Å²) >= 11 is 0. The van der Waals surface area contributed by atoms with Crippen molar-refractivity contribution < 1.29 is 4.39 Å². The van der Waals surface area contributed by atoms with Gasteiger partial charge in [-0.15, -0.1) is 5.73 Å². The van der Waals surface area contributed by atoms with Crippen LogP contribution in [0.4, 0.5) is 4.39 Å². The van der Waals surface area contributed by atoms with Crippen molar-refractivity contribution in [1.82, 2.24) is 4.90 Å². The molecule has 0 saturated heterocycles. The van der Waals surface area contributed by atoms with E-state index in [1.807, 2.05) is 6.08 Å². The van der Waals surface area contributed by atoms with Crippen LogP contribution in [0, 0.1) is 0 Å². The molecule has 2 heteroatoms. The molecular formula is C11H12FN. The third kappa shape index (κ3) is 1.80. The summed E-state index contributed by atoms with van der Waals surface area (Å²) < 4.78 is 13.0. The lowest BCUT2D eigenvalue weighted by Crippen LogP contribution is -2.26. The standard InChI is InChI=1S/C11H12FN/c1-13-6-5-9-3-2-4-11(12)7-10(9)8-13/h3-4,7H,5-6,8H2,1H3. The van der Waals surface area contributed by atoms with Crippen LogP contribution in [0.5, 0.6) is 0 Å². The molecule has 1 aliphatic heterocycles. The average Bonchev–Trinajstić information content (AvgIpc) is 2.25. The van der Waals surface area contributed by atoms with Gasteiger partial charge in [-0.25, -0.2) is 4.39 Å². The minimum Gasteiger partial charge on any atom is -0.302 e. The minimum atomic E-state index is -0.198. The van der Waals surface area contributed by atoms with E-state index in [-0.39, 0.29) is 5.83 Å². The van der Waals surface area contributed by atoms with Crippen LogP contribution < -0.4 is 0 Å². The molecule has 0 saturated carbocycles. The van der Waals surface area contributed by atoms with Crippen molar-refractivity contribution >= 4 is 0 Å². The first kappa shape index (κ1) is 8.49. The molecule has 1 heterocycles. The van der Waals surface area contributed by atoms with Crippen LogP contribution in [-0.4, -0.2) is 25.0 Å². The summed E-state index contributed by atoms with van der Waals surface area (Å²) in [6.07, 6.45) is 5.89. The van der Waals surface area contributed by atoms with Crippen molar-refractivity contribution in [3.8, 4) is 0 Å². The maximum absolute atomic E-state index is 13.0. The third-order valence-electron chi connectivity index (χ3n) is 2.41. The van der Waals surface area contributed by atoms with Crippen LogP contribution in [0.15, 0.2) is 40.9 Å². The summed E-state index contributed by atoms with van der Waals surface area (Å²) in [5, 5.41) is 0. The van der Waals surface area contributed by atoms with Gasteiger partial charge in [-0.3, -0.25) is 0 Å². The van der Waals surface area contributed by atoms with Gasteiger partial charge in [0.15, 0.2) is 0 Å². The summed E-state index contributed by atoms with van der Waals surface area (Å²) in [4.78, 5) is 2.20. The minimum absolute atomic E-state index is 0.198. The van der Waals surface area contributed by atoms with Gasteiger partial charge < -0.3 is 4.90 Å². The first-order valence-electron chi connectivity index (χ1n) is 4.46. The zero-order valence-corrected chi connectivity index (χ0v) is 7.68. The summed E-state index contributed by atoms with van der Waals surface area (Å²) in [5.41, 5.74) is 5.16. The van der Waals surface area contributed by atoms with Crippen LogP contribution in [-0.2, 0) is 0 Å². The van der Waals surface area contributed by atoms with E-state index in [0.717, 1.165) is 25.1 Å². The van der Waals surface area contributed by atoms with Crippen molar-refractivity contribution in [1.29, 1.82) is 0 Å². The smallest absolute Gasteiger partial charge is 0.131 e. The van der Waals surface area contributed by atoms with Crippen molar-refractivity contribution in [3.05, 3.63) is 40.9 Å². The van der Waals surface area contributed by atoms with Crippen LogP contribution in [0.1, 0.15) is 6.42 Å². The van der Waals surface area contributed by atoms with E-state index in [9.17, 15) is 4.39 Å². The Hall–Kier alpha value is -1.11. The number of hydrogen-bond donors (Lipinski definition) is 0. The normalized spacial score (nSPS) is 22.8. The number of halogens is 1. The van der Waals surface area contributed by atoms with Gasteiger partial charge in [0.2, 0.25) is 0 Å². The number of hydrogen-bond acceptors (Lipinski definition) is 1. The Balaban J connectivity index is 2.37. The highest BCUT2D eigenvalue weighted by Crippen LogP contribution is 2.22. The molecule has 0 bridgehead atoms. The molecule has 0 unspecified atom stereocenters. The fourth-order valence-corrected chi connectivity index (χ4v) is 1.68. The number of rotatable bonds is 0. The molecule has 0 spiro atoms. The fourth-order valence-electron chi connectivity index (χ4n) is 1.68. The molecule has 0 radical (unpaired) electrons. The lowest BCUT2D eigenvalue weighted by Gasteiger charge is -2.24. The van der Waals surface area contributed by atoms with E-state index in [1.165, 1.54) is 11.6 Å². The van der Waals surface area contributed by atoms with Crippen molar-refractivity contribution in [2.45, 2.75) is 6.42 Å². The molecule has 1 nitrogen and oxygen atoms in total. The number of allylic oxidation sites excluding steroid dienone is 2. The molecule has 0 aromatic rings. The maximum Gasteiger partial charge on any atom is 0.131 e. The van der Waals surface area contributed by atoms with E-state index in [0.29, 0.717) is 0 Å². The largest absolute Gasteiger partial charge is 0.302 e. The molecule has 2 aliphatic rings. The topological polar surface area (TPSA) is 3.24 Å². The van der Waals surface area contributed by atoms with E-state index < -0.39 is 0 Å². The first-order chi connectivity index (χ1) is 6.25. The van der Waals surface area contributed by atoms with Gasteiger partial charge in [-0.1, -0.05) is 0 Å².